The van der Waals surface area contributed by atoms with E-state index in [-0.39, 0.29) is 17.4 Å². The van der Waals surface area contributed by atoms with Crippen molar-refractivity contribution in [3.8, 4) is 5.75 Å². The second-order valence-electron chi connectivity index (χ2n) is 5.63. The van der Waals surface area contributed by atoms with Crippen LogP contribution < -0.4 is 5.32 Å². The first kappa shape index (κ1) is 16.0. The number of carbonyl (C=O) groups excluding carboxylic acids is 1. The minimum atomic E-state index is -1.35. The topological polar surface area (TPSA) is 66.4 Å². The predicted octanol–water partition coefficient (Wildman–Crippen LogP) is 2.59. The van der Waals surface area contributed by atoms with Crippen molar-refractivity contribution in [2.75, 3.05) is 12.3 Å². The Hall–Kier alpha value is -1.36. The van der Waals surface area contributed by atoms with Gasteiger partial charge in [-0.3, -0.25) is 9.00 Å². The first-order chi connectivity index (χ1) is 10.1. The molecule has 1 aromatic rings. The van der Waals surface area contributed by atoms with Gasteiger partial charge in [0, 0.05) is 11.4 Å². The highest BCUT2D eigenvalue weighted by molar-refractivity contribution is 7.85. The van der Waals surface area contributed by atoms with Crippen LogP contribution in [0.25, 0.3) is 0 Å². The maximum atomic E-state index is 12.0. The number of hydrogen-bond donors (Lipinski definition) is 2. The number of carbonyl (C=O) groups is 1. The zero-order chi connectivity index (χ0) is 15.1. The van der Waals surface area contributed by atoms with E-state index in [4.69, 9.17) is 0 Å². The van der Waals surface area contributed by atoms with Gasteiger partial charge in [-0.25, -0.2) is 0 Å². The van der Waals surface area contributed by atoms with E-state index in [1.165, 1.54) is 44.2 Å². The molecule has 1 aliphatic carbocycles. The van der Waals surface area contributed by atoms with Crippen LogP contribution in [-0.4, -0.2) is 27.5 Å². The molecule has 1 aromatic carbocycles. The summed E-state index contributed by atoms with van der Waals surface area (Å²) in [4.78, 5) is 12.3. The molecule has 2 N–H and O–H groups in total. The molecular weight excluding hydrogens is 286 g/mol. The SMILES string of the molecule is O=C(CS(=O)c1ccc(O)cc1)NCCC1CCCCC1. The number of hydrogen-bond acceptors (Lipinski definition) is 3. The summed E-state index contributed by atoms with van der Waals surface area (Å²) in [6, 6.07) is 6.13. The molecule has 4 nitrogen and oxygen atoms in total. The molecule has 116 valence electrons. The normalized spacial score (nSPS) is 17.3. The molecule has 0 bridgehead atoms. The number of amides is 1. The van der Waals surface area contributed by atoms with Crippen molar-refractivity contribution in [3.05, 3.63) is 24.3 Å². The molecule has 1 atom stereocenters. The summed E-state index contributed by atoms with van der Waals surface area (Å²) < 4.78 is 12.0. The number of aromatic hydroxyl groups is 1. The van der Waals surface area contributed by atoms with Crippen molar-refractivity contribution in [3.63, 3.8) is 0 Å². The van der Waals surface area contributed by atoms with Crippen LogP contribution in [0.15, 0.2) is 29.2 Å². The molecule has 2 rings (SSSR count). The number of benzene rings is 1. The summed E-state index contributed by atoms with van der Waals surface area (Å²) in [6.07, 6.45) is 7.53. The Kier molecular flexibility index (Phi) is 6.23. The van der Waals surface area contributed by atoms with E-state index in [0.29, 0.717) is 11.4 Å². The predicted molar refractivity (Wildman–Crippen MR) is 83.6 cm³/mol. The number of phenols is 1. The van der Waals surface area contributed by atoms with Crippen LogP contribution in [0.1, 0.15) is 38.5 Å². The van der Waals surface area contributed by atoms with Crippen LogP contribution in [0, 0.1) is 5.92 Å². The third kappa shape index (κ3) is 5.50. The van der Waals surface area contributed by atoms with Gasteiger partial charge in [0.05, 0.1) is 10.8 Å². The van der Waals surface area contributed by atoms with Crippen LogP contribution in [0.2, 0.25) is 0 Å². The molecule has 0 heterocycles. The Balaban J connectivity index is 1.68. The van der Waals surface area contributed by atoms with E-state index < -0.39 is 10.8 Å². The van der Waals surface area contributed by atoms with Crippen LogP contribution >= 0.6 is 0 Å². The number of rotatable bonds is 6. The maximum Gasteiger partial charge on any atom is 0.232 e. The lowest BCUT2D eigenvalue weighted by atomic mass is 9.87. The van der Waals surface area contributed by atoms with Gasteiger partial charge in [0.15, 0.2) is 0 Å². The van der Waals surface area contributed by atoms with Crippen molar-refractivity contribution in [1.82, 2.24) is 5.32 Å². The molecule has 21 heavy (non-hydrogen) atoms. The summed E-state index contributed by atoms with van der Waals surface area (Å²) in [5, 5.41) is 12.0. The van der Waals surface area contributed by atoms with Gasteiger partial charge in [-0.15, -0.1) is 0 Å². The van der Waals surface area contributed by atoms with E-state index in [0.717, 1.165) is 12.3 Å². The van der Waals surface area contributed by atoms with E-state index >= 15 is 0 Å². The van der Waals surface area contributed by atoms with Gasteiger partial charge in [0.2, 0.25) is 5.91 Å². The van der Waals surface area contributed by atoms with Crippen molar-refractivity contribution in [2.24, 2.45) is 5.92 Å². The molecule has 1 unspecified atom stereocenters. The minimum absolute atomic E-state index is 0.0184. The van der Waals surface area contributed by atoms with Crippen molar-refractivity contribution in [1.29, 1.82) is 0 Å². The van der Waals surface area contributed by atoms with Gasteiger partial charge < -0.3 is 10.4 Å². The first-order valence-corrected chi connectivity index (χ1v) is 8.91. The summed E-state index contributed by atoms with van der Waals surface area (Å²) >= 11 is 0. The second-order valence-corrected chi connectivity index (χ2v) is 7.08. The highest BCUT2D eigenvalue weighted by Crippen LogP contribution is 2.25. The molecule has 1 amide bonds. The van der Waals surface area contributed by atoms with E-state index in [9.17, 15) is 14.1 Å². The summed E-state index contributed by atoms with van der Waals surface area (Å²) in [6.45, 7) is 0.677. The highest BCUT2D eigenvalue weighted by Gasteiger charge is 2.14. The van der Waals surface area contributed by atoms with E-state index in [1.54, 1.807) is 12.1 Å². The first-order valence-electron chi connectivity index (χ1n) is 7.59. The van der Waals surface area contributed by atoms with Crippen LogP contribution in [0.5, 0.6) is 5.75 Å². The van der Waals surface area contributed by atoms with Gasteiger partial charge in [-0.05, 0) is 36.6 Å². The molecule has 5 heteroatoms. The Morgan fingerprint density at radius 2 is 1.86 bits per heavy atom. The largest absolute Gasteiger partial charge is 0.508 e. The molecule has 0 aromatic heterocycles. The lowest BCUT2D eigenvalue weighted by Crippen LogP contribution is -2.30. The average molecular weight is 309 g/mol. The zero-order valence-electron chi connectivity index (χ0n) is 12.2. The summed E-state index contributed by atoms with van der Waals surface area (Å²) in [7, 11) is -1.35. The smallest absolute Gasteiger partial charge is 0.232 e. The van der Waals surface area contributed by atoms with Gasteiger partial charge in [0.1, 0.15) is 11.5 Å². The third-order valence-corrected chi connectivity index (χ3v) is 5.28. The lowest BCUT2D eigenvalue weighted by Gasteiger charge is -2.21. The Morgan fingerprint density at radius 3 is 2.52 bits per heavy atom. The molecule has 0 saturated heterocycles. The fraction of sp³-hybridized carbons (Fsp3) is 0.562. The van der Waals surface area contributed by atoms with Crippen molar-refractivity contribution < 1.29 is 14.1 Å². The van der Waals surface area contributed by atoms with E-state index in [2.05, 4.69) is 5.32 Å². The molecule has 0 radical (unpaired) electrons. The molecule has 1 aliphatic rings. The van der Waals surface area contributed by atoms with Gasteiger partial charge in [0.25, 0.3) is 0 Å². The Labute approximate surface area is 128 Å². The van der Waals surface area contributed by atoms with Crippen molar-refractivity contribution >= 4 is 16.7 Å². The third-order valence-electron chi connectivity index (χ3n) is 3.96. The number of phenolic OH excluding ortho intramolecular Hbond substituents is 1. The fourth-order valence-electron chi connectivity index (χ4n) is 2.74. The molecular formula is C16H23NO3S. The molecule has 1 saturated carbocycles. The second kappa shape index (κ2) is 8.17. The maximum absolute atomic E-state index is 12.0. The quantitative estimate of drug-likeness (QED) is 0.849. The molecule has 0 aliphatic heterocycles. The molecule has 0 spiro atoms. The molecule has 1 fully saturated rings. The fourth-order valence-corrected chi connectivity index (χ4v) is 3.69. The van der Waals surface area contributed by atoms with Gasteiger partial charge >= 0.3 is 0 Å². The average Bonchev–Trinajstić information content (AvgIpc) is 2.49. The minimum Gasteiger partial charge on any atom is -0.508 e. The van der Waals surface area contributed by atoms with Gasteiger partial charge in [-0.1, -0.05) is 32.1 Å². The van der Waals surface area contributed by atoms with Crippen LogP contribution in [0.4, 0.5) is 0 Å². The monoisotopic (exact) mass is 309 g/mol. The standard InChI is InChI=1S/C16H23NO3S/c18-14-6-8-15(9-7-14)21(20)12-16(19)17-11-10-13-4-2-1-3-5-13/h6-9,13,18H,1-5,10-12H2,(H,17,19). The van der Waals surface area contributed by atoms with Crippen LogP contribution in [-0.2, 0) is 15.6 Å². The Bertz CT molecular complexity index is 481. The lowest BCUT2D eigenvalue weighted by molar-refractivity contribution is -0.118. The number of nitrogens with one attached hydrogen (secondary N) is 1. The van der Waals surface area contributed by atoms with Gasteiger partial charge in [-0.2, -0.15) is 0 Å². The summed E-state index contributed by atoms with van der Waals surface area (Å²) in [5.41, 5.74) is 0. The zero-order valence-corrected chi connectivity index (χ0v) is 13.0. The highest BCUT2D eigenvalue weighted by atomic mass is 32.2. The van der Waals surface area contributed by atoms with Crippen molar-refractivity contribution in [2.45, 2.75) is 43.4 Å². The van der Waals surface area contributed by atoms with Crippen LogP contribution in [0.3, 0.4) is 0 Å². The van der Waals surface area contributed by atoms with E-state index in [1.807, 2.05) is 0 Å². The summed E-state index contributed by atoms with van der Waals surface area (Å²) in [5.74, 6) is 0.682. The Morgan fingerprint density at radius 1 is 1.19 bits per heavy atom.